The highest BCUT2D eigenvalue weighted by molar-refractivity contribution is 9.10. The number of aryl methyl sites for hydroxylation is 2. The van der Waals surface area contributed by atoms with Crippen LogP contribution < -0.4 is 10.9 Å². The van der Waals surface area contributed by atoms with Crippen LogP contribution in [0.1, 0.15) is 21.6 Å². The molecular formula is C14H13BrN2O2. The molecular weight excluding hydrogens is 308 g/mol. The van der Waals surface area contributed by atoms with Crippen LogP contribution in [0.2, 0.25) is 0 Å². The van der Waals surface area contributed by atoms with Crippen LogP contribution >= 0.6 is 15.9 Å². The molecule has 19 heavy (non-hydrogen) atoms. The molecule has 0 saturated heterocycles. The van der Waals surface area contributed by atoms with Gasteiger partial charge in [-0.1, -0.05) is 12.1 Å². The van der Waals surface area contributed by atoms with Crippen LogP contribution in [0.5, 0.6) is 0 Å². The van der Waals surface area contributed by atoms with Crippen molar-refractivity contribution in [2.45, 2.75) is 13.8 Å². The molecule has 0 radical (unpaired) electrons. The fourth-order valence-electron chi connectivity index (χ4n) is 1.84. The molecule has 98 valence electrons. The maximum atomic E-state index is 12.1. The SMILES string of the molecule is Cc1cc(C)c(NC(=O)c2cccc(=O)[nH]2)c(Br)c1. The van der Waals surface area contributed by atoms with Crippen LogP contribution in [0.3, 0.4) is 0 Å². The zero-order valence-electron chi connectivity index (χ0n) is 10.6. The highest BCUT2D eigenvalue weighted by Gasteiger charge is 2.11. The van der Waals surface area contributed by atoms with Gasteiger partial charge >= 0.3 is 0 Å². The summed E-state index contributed by atoms with van der Waals surface area (Å²) in [4.78, 5) is 25.7. The van der Waals surface area contributed by atoms with E-state index in [2.05, 4.69) is 26.2 Å². The molecule has 1 amide bonds. The second-order valence-electron chi connectivity index (χ2n) is 4.32. The van der Waals surface area contributed by atoms with Gasteiger partial charge in [-0.2, -0.15) is 0 Å². The molecule has 4 nitrogen and oxygen atoms in total. The predicted molar refractivity (Wildman–Crippen MR) is 78.6 cm³/mol. The number of carbonyl (C=O) groups excluding carboxylic acids is 1. The van der Waals surface area contributed by atoms with E-state index in [1.807, 2.05) is 26.0 Å². The molecule has 1 heterocycles. The van der Waals surface area contributed by atoms with Gasteiger partial charge in [-0.3, -0.25) is 9.59 Å². The molecule has 0 aliphatic carbocycles. The largest absolute Gasteiger partial charge is 0.319 e. The Morgan fingerprint density at radius 3 is 2.63 bits per heavy atom. The summed E-state index contributed by atoms with van der Waals surface area (Å²) in [6, 6.07) is 8.38. The van der Waals surface area contributed by atoms with Gasteiger partial charge < -0.3 is 10.3 Å². The number of aromatic amines is 1. The number of nitrogens with one attached hydrogen (secondary N) is 2. The van der Waals surface area contributed by atoms with E-state index in [1.165, 1.54) is 6.07 Å². The Hall–Kier alpha value is -1.88. The highest BCUT2D eigenvalue weighted by Crippen LogP contribution is 2.28. The van der Waals surface area contributed by atoms with Gasteiger partial charge in [0.2, 0.25) is 5.56 Å². The number of pyridine rings is 1. The van der Waals surface area contributed by atoms with Crippen LogP contribution in [-0.2, 0) is 0 Å². The summed E-state index contributed by atoms with van der Waals surface area (Å²) in [6.07, 6.45) is 0. The van der Waals surface area contributed by atoms with Crippen molar-refractivity contribution in [3.63, 3.8) is 0 Å². The summed E-state index contributed by atoms with van der Waals surface area (Å²) in [5.41, 5.74) is 2.71. The molecule has 0 atom stereocenters. The van der Waals surface area contributed by atoms with E-state index in [9.17, 15) is 9.59 Å². The van der Waals surface area contributed by atoms with E-state index in [0.29, 0.717) is 5.69 Å². The Kier molecular flexibility index (Phi) is 3.85. The van der Waals surface area contributed by atoms with Gasteiger partial charge in [0.05, 0.1) is 5.69 Å². The van der Waals surface area contributed by atoms with Crippen LogP contribution in [-0.4, -0.2) is 10.9 Å². The Labute approximate surface area is 119 Å². The van der Waals surface area contributed by atoms with Gasteiger partial charge in [-0.15, -0.1) is 0 Å². The number of carbonyl (C=O) groups is 1. The molecule has 0 aliphatic heterocycles. The lowest BCUT2D eigenvalue weighted by Gasteiger charge is -2.11. The molecule has 2 N–H and O–H groups in total. The summed E-state index contributed by atoms with van der Waals surface area (Å²) in [7, 11) is 0. The molecule has 1 aromatic carbocycles. The number of anilines is 1. The molecule has 1 aromatic heterocycles. The molecule has 0 bridgehead atoms. The van der Waals surface area contributed by atoms with Crippen LogP contribution in [0.4, 0.5) is 5.69 Å². The standard InChI is InChI=1S/C14H13BrN2O2/c1-8-6-9(2)13(10(15)7-8)17-14(19)11-4-3-5-12(18)16-11/h3-7H,1-2H3,(H,16,18)(H,17,19). The van der Waals surface area contributed by atoms with E-state index in [1.54, 1.807) is 12.1 Å². The van der Waals surface area contributed by atoms with Crippen LogP contribution in [0, 0.1) is 13.8 Å². The van der Waals surface area contributed by atoms with Crippen molar-refractivity contribution >= 4 is 27.5 Å². The van der Waals surface area contributed by atoms with Crippen LogP contribution in [0.25, 0.3) is 0 Å². The number of aromatic nitrogens is 1. The molecule has 0 unspecified atom stereocenters. The van der Waals surface area contributed by atoms with E-state index in [0.717, 1.165) is 15.6 Å². The van der Waals surface area contributed by atoms with Crippen LogP contribution in [0.15, 0.2) is 39.6 Å². The Bertz CT molecular complexity index is 669. The zero-order chi connectivity index (χ0) is 14.0. The number of hydrogen-bond acceptors (Lipinski definition) is 2. The molecule has 2 rings (SSSR count). The third-order valence-electron chi connectivity index (χ3n) is 2.68. The Balaban J connectivity index is 2.32. The molecule has 0 spiro atoms. The van der Waals surface area contributed by atoms with E-state index in [-0.39, 0.29) is 17.2 Å². The second kappa shape index (κ2) is 5.40. The summed E-state index contributed by atoms with van der Waals surface area (Å²) in [5.74, 6) is -0.342. The Morgan fingerprint density at radius 1 is 1.26 bits per heavy atom. The lowest BCUT2D eigenvalue weighted by atomic mass is 10.1. The minimum atomic E-state index is -0.342. The summed E-state index contributed by atoms with van der Waals surface area (Å²) in [5, 5.41) is 2.79. The first-order chi connectivity index (χ1) is 8.97. The monoisotopic (exact) mass is 320 g/mol. The summed E-state index contributed by atoms with van der Waals surface area (Å²) in [6.45, 7) is 3.90. The third-order valence-corrected chi connectivity index (χ3v) is 3.31. The molecule has 0 fully saturated rings. The van der Waals surface area contributed by atoms with Gasteiger partial charge in [0.1, 0.15) is 5.69 Å². The number of rotatable bonds is 2. The first kappa shape index (κ1) is 13.5. The second-order valence-corrected chi connectivity index (χ2v) is 5.18. The number of hydrogen-bond donors (Lipinski definition) is 2. The van der Waals surface area contributed by atoms with E-state index in [4.69, 9.17) is 0 Å². The van der Waals surface area contributed by atoms with Gasteiger partial charge in [0.15, 0.2) is 0 Å². The van der Waals surface area contributed by atoms with Crippen molar-refractivity contribution in [3.8, 4) is 0 Å². The van der Waals surface area contributed by atoms with E-state index >= 15 is 0 Å². The third kappa shape index (κ3) is 3.12. The smallest absolute Gasteiger partial charge is 0.272 e. The van der Waals surface area contributed by atoms with Crippen molar-refractivity contribution < 1.29 is 4.79 Å². The fourth-order valence-corrected chi connectivity index (χ4v) is 2.61. The lowest BCUT2D eigenvalue weighted by molar-refractivity contribution is 0.102. The van der Waals surface area contributed by atoms with Gasteiger partial charge in [0, 0.05) is 10.5 Å². The van der Waals surface area contributed by atoms with E-state index < -0.39 is 0 Å². The average Bonchev–Trinajstić information content (AvgIpc) is 2.33. The van der Waals surface area contributed by atoms with Crippen molar-refractivity contribution in [1.29, 1.82) is 0 Å². The normalized spacial score (nSPS) is 10.3. The van der Waals surface area contributed by atoms with Crippen molar-refractivity contribution in [3.05, 3.63) is 62.0 Å². The van der Waals surface area contributed by atoms with Gasteiger partial charge in [0.25, 0.3) is 5.91 Å². The summed E-state index contributed by atoms with van der Waals surface area (Å²) < 4.78 is 0.816. The quantitative estimate of drug-likeness (QED) is 0.893. The number of benzene rings is 1. The highest BCUT2D eigenvalue weighted by atomic mass is 79.9. The number of halogens is 1. The number of amides is 1. The minimum absolute atomic E-state index is 0.236. The molecule has 0 saturated carbocycles. The summed E-state index contributed by atoms with van der Waals surface area (Å²) >= 11 is 3.43. The first-order valence-electron chi connectivity index (χ1n) is 5.75. The number of H-pyrrole nitrogens is 1. The molecule has 0 aliphatic rings. The maximum Gasteiger partial charge on any atom is 0.272 e. The maximum absolute atomic E-state index is 12.1. The Morgan fingerprint density at radius 2 is 2.00 bits per heavy atom. The topological polar surface area (TPSA) is 62.0 Å². The fraction of sp³-hybridized carbons (Fsp3) is 0.143. The first-order valence-corrected chi connectivity index (χ1v) is 6.54. The van der Waals surface area contributed by atoms with Gasteiger partial charge in [-0.05, 0) is 53.0 Å². The van der Waals surface area contributed by atoms with Gasteiger partial charge in [-0.25, -0.2) is 0 Å². The zero-order valence-corrected chi connectivity index (χ0v) is 12.2. The molecule has 2 aromatic rings. The minimum Gasteiger partial charge on any atom is -0.319 e. The van der Waals surface area contributed by atoms with Crippen molar-refractivity contribution in [1.82, 2.24) is 4.98 Å². The molecule has 5 heteroatoms. The van der Waals surface area contributed by atoms with Crippen molar-refractivity contribution in [2.24, 2.45) is 0 Å². The predicted octanol–water partition coefficient (Wildman–Crippen LogP) is 3.01. The lowest BCUT2D eigenvalue weighted by Crippen LogP contribution is -2.18. The average molecular weight is 321 g/mol. The van der Waals surface area contributed by atoms with Crippen molar-refractivity contribution in [2.75, 3.05) is 5.32 Å².